The molecular weight excluding hydrogens is 228 g/mol. The fourth-order valence-corrected chi connectivity index (χ4v) is 3.49. The predicted octanol–water partition coefficient (Wildman–Crippen LogP) is 4.50. The van der Waals surface area contributed by atoms with Crippen molar-refractivity contribution >= 4 is 35.7 Å². The van der Waals surface area contributed by atoms with Crippen molar-refractivity contribution in [2.75, 3.05) is 0 Å². The highest BCUT2D eigenvalue weighted by Crippen LogP contribution is 2.34. The fourth-order valence-electron chi connectivity index (χ4n) is 1.09. The quantitative estimate of drug-likeness (QED) is 0.752. The van der Waals surface area contributed by atoms with Gasteiger partial charge in [0.15, 0.2) is 0 Å². The Hall–Kier alpha value is -0.380. The molecule has 3 heteroatoms. The third-order valence-electron chi connectivity index (χ3n) is 1.81. The first kappa shape index (κ1) is 10.1. The molecule has 14 heavy (non-hydrogen) atoms. The molecule has 0 saturated heterocycles. The zero-order valence-corrected chi connectivity index (χ0v) is 10.3. The van der Waals surface area contributed by atoms with Crippen LogP contribution in [0, 0.1) is 6.92 Å². The Bertz CT molecular complexity index is 414. The van der Waals surface area contributed by atoms with Crippen LogP contribution in [0.1, 0.15) is 5.56 Å². The van der Waals surface area contributed by atoms with Crippen LogP contribution < -0.4 is 0 Å². The van der Waals surface area contributed by atoms with Crippen LogP contribution in [0.4, 0.5) is 0 Å². The van der Waals surface area contributed by atoms with E-state index in [1.807, 2.05) is 6.07 Å². The number of hydrogen-bond acceptors (Lipinski definition) is 3. The predicted molar refractivity (Wildman–Crippen MR) is 66.9 cm³/mol. The van der Waals surface area contributed by atoms with Crippen LogP contribution >= 0.6 is 35.7 Å². The van der Waals surface area contributed by atoms with E-state index in [2.05, 4.69) is 49.9 Å². The molecule has 0 aliphatic rings. The van der Waals surface area contributed by atoms with Crippen LogP contribution in [-0.2, 0) is 0 Å². The summed E-state index contributed by atoms with van der Waals surface area (Å²) < 4.78 is 2.36. The minimum absolute atomic E-state index is 1.07. The van der Waals surface area contributed by atoms with Gasteiger partial charge in [0, 0.05) is 4.90 Å². The third kappa shape index (κ3) is 2.56. The van der Waals surface area contributed by atoms with E-state index in [9.17, 15) is 0 Å². The summed E-state index contributed by atoms with van der Waals surface area (Å²) in [6.45, 7) is 2.10. The van der Waals surface area contributed by atoms with Crippen molar-refractivity contribution in [1.29, 1.82) is 0 Å². The van der Waals surface area contributed by atoms with Crippen LogP contribution in [0.25, 0.3) is 0 Å². The van der Waals surface area contributed by atoms with Crippen LogP contribution in [0.5, 0.6) is 0 Å². The molecule has 2 rings (SSSR count). The molecule has 0 aliphatic heterocycles. The third-order valence-corrected chi connectivity index (χ3v) is 4.26. The Kier molecular flexibility index (Phi) is 3.21. The standard InChI is InChI=1S/C11H10S3/c1-8-2-4-9(5-3-8)13-11-7-6-10(12)14-11/h2-7,12H,1H3. The van der Waals surface area contributed by atoms with Gasteiger partial charge in [-0.3, -0.25) is 0 Å². The maximum Gasteiger partial charge on any atom is 0.0658 e. The van der Waals surface area contributed by atoms with Gasteiger partial charge in [-0.15, -0.1) is 24.0 Å². The molecule has 1 aromatic heterocycles. The van der Waals surface area contributed by atoms with Gasteiger partial charge in [0.2, 0.25) is 0 Å². The number of aryl methyl sites for hydroxylation is 1. The Morgan fingerprint density at radius 2 is 1.79 bits per heavy atom. The van der Waals surface area contributed by atoms with Gasteiger partial charge in [0.1, 0.15) is 0 Å². The molecule has 72 valence electrons. The van der Waals surface area contributed by atoms with Gasteiger partial charge >= 0.3 is 0 Å². The molecule has 0 nitrogen and oxygen atoms in total. The highest BCUT2D eigenvalue weighted by Gasteiger charge is 1.99. The fraction of sp³-hybridized carbons (Fsp3) is 0.0909. The molecule has 1 heterocycles. The second-order valence-electron chi connectivity index (χ2n) is 3.01. The molecule has 0 saturated carbocycles. The molecule has 0 unspecified atom stereocenters. The number of benzene rings is 1. The first-order chi connectivity index (χ1) is 6.74. The molecule has 0 atom stereocenters. The monoisotopic (exact) mass is 238 g/mol. The van der Waals surface area contributed by atoms with E-state index in [0.717, 1.165) is 4.21 Å². The molecule has 0 N–H and O–H groups in total. The van der Waals surface area contributed by atoms with Crippen molar-refractivity contribution in [3.63, 3.8) is 0 Å². The van der Waals surface area contributed by atoms with E-state index < -0.39 is 0 Å². The number of thiophene rings is 1. The summed E-state index contributed by atoms with van der Waals surface area (Å²) >= 11 is 7.79. The topological polar surface area (TPSA) is 0 Å². The highest BCUT2D eigenvalue weighted by molar-refractivity contribution is 8.01. The first-order valence-corrected chi connectivity index (χ1v) is 6.35. The van der Waals surface area contributed by atoms with Crippen molar-refractivity contribution < 1.29 is 0 Å². The highest BCUT2D eigenvalue weighted by atomic mass is 32.2. The Morgan fingerprint density at radius 3 is 2.36 bits per heavy atom. The number of thiol groups is 1. The zero-order chi connectivity index (χ0) is 9.97. The van der Waals surface area contributed by atoms with Gasteiger partial charge in [0.05, 0.1) is 8.42 Å². The van der Waals surface area contributed by atoms with Crippen LogP contribution in [0.2, 0.25) is 0 Å². The van der Waals surface area contributed by atoms with Gasteiger partial charge < -0.3 is 0 Å². The van der Waals surface area contributed by atoms with Crippen molar-refractivity contribution in [2.45, 2.75) is 20.2 Å². The first-order valence-electron chi connectivity index (χ1n) is 4.27. The summed E-state index contributed by atoms with van der Waals surface area (Å²) in [4.78, 5) is 1.28. The normalized spacial score (nSPS) is 10.4. The lowest BCUT2D eigenvalue weighted by Crippen LogP contribution is -1.71. The summed E-state index contributed by atoms with van der Waals surface area (Å²) in [5.41, 5.74) is 1.30. The van der Waals surface area contributed by atoms with E-state index in [1.54, 1.807) is 23.1 Å². The number of rotatable bonds is 2. The summed E-state index contributed by atoms with van der Waals surface area (Å²) in [7, 11) is 0. The molecule has 0 bridgehead atoms. The van der Waals surface area contributed by atoms with Crippen LogP contribution in [0.3, 0.4) is 0 Å². The molecule has 0 amide bonds. The Balaban J connectivity index is 2.15. The molecule has 0 radical (unpaired) electrons. The van der Waals surface area contributed by atoms with Crippen molar-refractivity contribution in [1.82, 2.24) is 0 Å². The summed E-state index contributed by atoms with van der Waals surface area (Å²) in [5.74, 6) is 0. The van der Waals surface area contributed by atoms with Gasteiger partial charge in [0.25, 0.3) is 0 Å². The average molecular weight is 238 g/mol. The lowest BCUT2D eigenvalue weighted by Gasteiger charge is -1.98. The second kappa shape index (κ2) is 4.43. The largest absolute Gasteiger partial charge is 0.133 e. The SMILES string of the molecule is Cc1ccc(Sc2ccc(S)s2)cc1. The van der Waals surface area contributed by atoms with Crippen LogP contribution in [-0.4, -0.2) is 0 Å². The van der Waals surface area contributed by atoms with Crippen molar-refractivity contribution in [2.24, 2.45) is 0 Å². The minimum Gasteiger partial charge on any atom is -0.133 e. The molecule has 0 spiro atoms. The zero-order valence-electron chi connectivity index (χ0n) is 7.73. The molecule has 2 aromatic rings. The van der Waals surface area contributed by atoms with Gasteiger partial charge in [-0.05, 0) is 31.2 Å². The van der Waals surface area contributed by atoms with E-state index in [0.29, 0.717) is 0 Å². The molecule has 0 aliphatic carbocycles. The van der Waals surface area contributed by atoms with Crippen LogP contribution in [0.15, 0.2) is 49.7 Å². The summed E-state index contributed by atoms with van der Waals surface area (Å²) in [5, 5.41) is 0. The maximum atomic E-state index is 4.29. The molecular formula is C11H10S3. The Labute approximate surface area is 97.8 Å². The summed E-state index contributed by atoms with van der Waals surface area (Å²) in [6.07, 6.45) is 0. The van der Waals surface area contributed by atoms with E-state index in [1.165, 1.54) is 14.7 Å². The Morgan fingerprint density at radius 1 is 1.07 bits per heavy atom. The number of hydrogen-bond donors (Lipinski definition) is 1. The molecule has 0 fully saturated rings. The van der Waals surface area contributed by atoms with Gasteiger partial charge in [-0.25, -0.2) is 0 Å². The molecule has 1 aromatic carbocycles. The van der Waals surface area contributed by atoms with E-state index in [4.69, 9.17) is 0 Å². The average Bonchev–Trinajstić information content (AvgIpc) is 2.56. The van der Waals surface area contributed by atoms with Gasteiger partial charge in [-0.2, -0.15) is 0 Å². The lowest BCUT2D eigenvalue weighted by atomic mass is 10.2. The summed E-state index contributed by atoms with van der Waals surface area (Å²) in [6, 6.07) is 12.7. The lowest BCUT2D eigenvalue weighted by molar-refractivity contribution is 1.38. The van der Waals surface area contributed by atoms with E-state index in [-0.39, 0.29) is 0 Å². The maximum absolute atomic E-state index is 4.29. The second-order valence-corrected chi connectivity index (χ2v) is 6.25. The van der Waals surface area contributed by atoms with Gasteiger partial charge in [-0.1, -0.05) is 29.5 Å². The van der Waals surface area contributed by atoms with Crippen molar-refractivity contribution in [3.05, 3.63) is 42.0 Å². The van der Waals surface area contributed by atoms with Crippen molar-refractivity contribution in [3.8, 4) is 0 Å². The van der Waals surface area contributed by atoms with E-state index >= 15 is 0 Å². The smallest absolute Gasteiger partial charge is 0.0658 e. The minimum atomic E-state index is 1.07.